The highest BCUT2D eigenvalue weighted by atomic mass is 79.9. The first-order chi connectivity index (χ1) is 9.56. The first-order valence-corrected chi connectivity index (χ1v) is 7.14. The van der Waals surface area contributed by atoms with Gasteiger partial charge in [-0.1, -0.05) is 29.8 Å². The van der Waals surface area contributed by atoms with Crippen molar-refractivity contribution in [1.29, 1.82) is 0 Å². The number of amides is 1. The van der Waals surface area contributed by atoms with Crippen molar-refractivity contribution in [2.75, 3.05) is 6.54 Å². The number of aryl methyl sites for hydroxylation is 1. The van der Waals surface area contributed by atoms with Gasteiger partial charge in [0, 0.05) is 11.0 Å². The second kappa shape index (κ2) is 6.66. The van der Waals surface area contributed by atoms with Crippen molar-refractivity contribution in [3.63, 3.8) is 0 Å². The van der Waals surface area contributed by atoms with Gasteiger partial charge >= 0.3 is 0 Å². The van der Waals surface area contributed by atoms with Crippen LogP contribution in [-0.2, 0) is 6.42 Å². The lowest BCUT2D eigenvalue weighted by Gasteiger charge is -2.07. The molecule has 20 heavy (non-hydrogen) atoms. The van der Waals surface area contributed by atoms with Crippen LogP contribution in [0.3, 0.4) is 0 Å². The monoisotopic (exact) mass is 335 g/mol. The third kappa shape index (κ3) is 3.90. The maximum absolute atomic E-state index is 13.0. The zero-order valence-electron chi connectivity index (χ0n) is 11.1. The molecule has 1 amide bonds. The van der Waals surface area contributed by atoms with Crippen molar-refractivity contribution in [3.8, 4) is 0 Å². The van der Waals surface area contributed by atoms with Gasteiger partial charge in [-0.2, -0.15) is 0 Å². The van der Waals surface area contributed by atoms with Crippen LogP contribution in [-0.4, -0.2) is 12.5 Å². The third-order valence-corrected chi connectivity index (χ3v) is 3.61. The molecule has 0 spiro atoms. The zero-order valence-corrected chi connectivity index (χ0v) is 12.7. The molecule has 2 aromatic carbocycles. The van der Waals surface area contributed by atoms with Crippen LogP contribution in [0.2, 0.25) is 0 Å². The molecule has 0 aromatic heterocycles. The number of nitrogens with one attached hydrogen (secondary N) is 1. The summed E-state index contributed by atoms with van der Waals surface area (Å²) in [5.41, 5.74) is 2.83. The van der Waals surface area contributed by atoms with E-state index in [9.17, 15) is 9.18 Å². The van der Waals surface area contributed by atoms with Crippen LogP contribution < -0.4 is 5.32 Å². The summed E-state index contributed by atoms with van der Waals surface area (Å²) in [6.07, 6.45) is 0.770. The molecule has 0 heterocycles. The van der Waals surface area contributed by atoms with Gasteiger partial charge in [0.1, 0.15) is 5.82 Å². The normalized spacial score (nSPS) is 10.3. The average Bonchev–Trinajstić information content (AvgIpc) is 2.38. The first-order valence-electron chi connectivity index (χ1n) is 6.35. The topological polar surface area (TPSA) is 29.1 Å². The van der Waals surface area contributed by atoms with Gasteiger partial charge in [-0.15, -0.1) is 0 Å². The van der Waals surface area contributed by atoms with Gasteiger partial charge in [-0.05, 0) is 53.0 Å². The van der Waals surface area contributed by atoms with Gasteiger partial charge in [0.15, 0.2) is 0 Å². The molecule has 4 heteroatoms. The van der Waals surface area contributed by atoms with E-state index in [2.05, 4.69) is 27.3 Å². The van der Waals surface area contributed by atoms with E-state index in [1.165, 1.54) is 29.3 Å². The largest absolute Gasteiger partial charge is 0.352 e. The Hall–Kier alpha value is -1.68. The Bertz CT molecular complexity index is 628. The summed E-state index contributed by atoms with van der Waals surface area (Å²) in [5, 5.41) is 2.84. The third-order valence-electron chi connectivity index (χ3n) is 2.96. The number of hydrogen-bond acceptors (Lipinski definition) is 1. The molecule has 0 aliphatic rings. The molecule has 2 rings (SSSR count). The molecule has 104 valence electrons. The van der Waals surface area contributed by atoms with Crippen LogP contribution in [0.15, 0.2) is 46.9 Å². The van der Waals surface area contributed by atoms with E-state index < -0.39 is 0 Å². The lowest BCUT2D eigenvalue weighted by molar-refractivity contribution is 0.0953. The Balaban J connectivity index is 1.92. The van der Waals surface area contributed by atoms with Crippen LogP contribution in [0.4, 0.5) is 4.39 Å². The Labute approximate surface area is 126 Å². The van der Waals surface area contributed by atoms with Gasteiger partial charge in [0.2, 0.25) is 0 Å². The van der Waals surface area contributed by atoms with Crippen LogP contribution in [0.5, 0.6) is 0 Å². The summed E-state index contributed by atoms with van der Waals surface area (Å²) in [5.74, 6) is -0.572. The smallest absolute Gasteiger partial charge is 0.252 e. The Morgan fingerprint density at radius 1 is 1.25 bits per heavy atom. The van der Waals surface area contributed by atoms with Gasteiger partial charge < -0.3 is 5.32 Å². The van der Waals surface area contributed by atoms with E-state index in [1.54, 1.807) is 0 Å². The molecule has 0 bridgehead atoms. The van der Waals surface area contributed by atoms with Gasteiger partial charge in [-0.25, -0.2) is 4.39 Å². The van der Waals surface area contributed by atoms with Crippen molar-refractivity contribution >= 4 is 21.8 Å². The molecule has 1 N–H and O–H groups in total. The second-order valence-corrected chi connectivity index (χ2v) is 5.47. The zero-order chi connectivity index (χ0) is 14.5. The summed E-state index contributed by atoms with van der Waals surface area (Å²) >= 11 is 3.19. The number of halogens is 2. The van der Waals surface area contributed by atoms with Crippen molar-refractivity contribution in [1.82, 2.24) is 5.32 Å². The van der Waals surface area contributed by atoms with Crippen molar-refractivity contribution in [2.24, 2.45) is 0 Å². The van der Waals surface area contributed by atoms with E-state index in [0.29, 0.717) is 16.6 Å². The highest BCUT2D eigenvalue weighted by molar-refractivity contribution is 9.10. The van der Waals surface area contributed by atoms with Gasteiger partial charge in [0.05, 0.1) is 5.56 Å². The predicted octanol–water partition coefficient (Wildman–Crippen LogP) is 3.87. The Morgan fingerprint density at radius 3 is 2.75 bits per heavy atom. The first kappa shape index (κ1) is 14.7. The molecule has 0 aliphatic carbocycles. The molecule has 0 fully saturated rings. The molecule has 0 atom stereocenters. The fourth-order valence-electron chi connectivity index (χ4n) is 1.96. The minimum atomic E-state index is -0.367. The fraction of sp³-hybridized carbons (Fsp3) is 0.188. The highest BCUT2D eigenvalue weighted by Crippen LogP contribution is 2.17. The quantitative estimate of drug-likeness (QED) is 0.902. The van der Waals surface area contributed by atoms with E-state index in [4.69, 9.17) is 0 Å². The van der Waals surface area contributed by atoms with Crippen molar-refractivity contribution in [3.05, 3.63) is 69.4 Å². The summed E-state index contributed by atoms with van der Waals surface area (Å²) in [6.45, 7) is 2.59. The van der Waals surface area contributed by atoms with Gasteiger partial charge in [0.25, 0.3) is 5.91 Å². The number of rotatable bonds is 4. The second-order valence-electron chi connectivity index (χ2n) is 4.62. The van der Waals surface area contributed by atoms with E-state index in [1.807, 2.05) is 25.1 Å². The van der Waals surface area contributed by atoms with Crippen LogP contribution in [0.25, 0.3) is 0 Å². The van der Waals surface area contributed by atoms with Crippen LogP contribution in [0, 0.1) is 12.7 Å². The number of carbonyl (C=O) groups excluding carboxylic acids is 1. The summed E-state index contributed by atoms with van der Waals surface area (Å²) in [7, 11) is 0. The molecule has 0 radical (unpaired) electrons. The summed E-state index contributed by atoms with van der Waals surface area (Å²) in [6, 6.07) is 12.2. The summed E-state index contributed by atoms with van der Waals surface area (Å²) in [4.78, 5) is 12.0. The molecule has 0 aliphatic heterocycles. The molecule has 0 saturated carbocycles. The minimum absolute atomic E-state index is 0.204. The average molecular weight is 336 g/mol. The predicted molar refractivity (Wildman–Crippen MR) is 81.3 cm³/mol. The van der Waals surface area contributed by atoms with Crippen molar-refractivity contribution < 1.29 is 9.18 Å². The summed E-state index contributed by atoms with van der Waals surface area (Å²) < 4.78 is 13.4. The standard InChI is InChI=1S/C16H15BrFNO/c1-11-3-2-4-12(9-11)7-8-19-16(20)14-6-5-13(18)10-15(14)17/h2-6,9-10H,7-8H2,1H3,(H,19,20). The van der Waals surface area contributed by atoms with E-state index in [-0.39, 0.29) is 11.7 Å². The Morgan fingerprint density at radius 2 is 2.05 bits per heavy atom. The molecule has 2 aromatic rings. The van der Waals surface area contributed by atoms with E-state index >= 15 is 0 Å². The Kier molecular flexibility index (Phi) is 4.90. The molecular formula is C16H15BrFNO. The lowest BCUT2D eigenvalue weighted by Crippen LogP contribution is -2.26. The fourth-order valence-corrected chi connectivity index (χ4v) is 2.49. The number of carbonyl (C=O) groups is 1. The van der Waals surface area contributed by atoms with Gasteiger partial charge in [-0.3, -0.25) is 4.79 Å². The lowest BCUT2D eigenvalue weighted by atomic mass is 10.1. The van der Waals surface area contributed by atoms with Crippen molar-refractivity contribution in [2.45, 2.75) is 13.3 Å². The minimum Gasteiger partial charge on any atom is -0.352 e. The van der Waals surface area contributed by atoms with E-state index in [0.717, 1.165) is 6.42 Å². The maximum atomic E-state index is 13.0. The highest BCUT2D eigenvalue weighted by Gasteiger charge is 2.10. The number of hydrogen-bond donors (Lipinski definition) is 1. The molecule has 2 nitrogen and oxygen atoms in total. The molecule has 0 unspecified atom stereocenters. The van der Waals surface area contributed by atoms with Crippen LogP contribution >= 0.6 is 15.9 Å². The number of benzene rings is 2. The maximum Gasteiger partial charge on any atom is 0.252 e. The molecular weight excluding hydrogens is 321 g/mol. The SMILES string of the molecule is Cc1cccc(CCNC(=O)c2ccc(F)cc2Br)c1. The van der Waals surface area contributed by atoms with Crippen LogP contribution in [0.1, 0.15) is 21.5 Å². The molecule has 0 saturated heterocycles.